The number of anilines is 2. The molecule has 0 unspecified atom stereocenters. The van der Waals surface area contributed by atoms with Crippen molar-refractivity contribution in [2.24, 2.45) is 0 Å². The fourth-order valence-corrected chi connectivity index (χ4v) is 2.02. The Labute approximate surface area is 120 Å². The Balaban J connectivity index is 1.95. The number of hydrogen-bond donors (Lipinski definition) is 3. The fraction of sp³-hybridized carbons (Fsp3) is 0.231. The molecule has 3 N–H and O–H groups in total. The molecule has 0 atom stereocenters. The van der Waals surface area contributed by atoms with Gasteiger partial charge in [-0.1, -0.05) is 28.1 Å². The van der Waals surface area contributed by atoms with Crippen molar-refractivity contribution in [3.63, 3.8) is 0 Å². The van der Waals surface area contributed by atoms with Gasteiger partial charge >= 0.3 is 0 Å². The molecule has 100 valence electrons. The molecule has 0 aliphatic carbocycles. The van der Waals surface area contributed by atoms with Gasteiger partial charge in [0.2, 0.25) is 0 Å². The first-order chi connectivity index (χ1) is 9.28. The molecule has 0 bridgehead atoms. The fourth-order valence-electron chi connectivity index (χ4n) is 1.57. The summed E-state index contributed by atoms with van der Waals surface area (Å²) < 4.78 is 1.06. The maximum absolute atomic E-state index is 8.75. The molecule has 0 aliphatic heterocycles. The first kappa shape index (κ1) is 13.8. The molecular weight excluding hydrogens is 308 g/mol. The minimum Gasteiger partial charge on any atom is -0.395 e. The summed E-state index contributed by atoms with van der Waals surface area (Å²) in [6.45, 7) is 1.24. The third kappa shape index (κ3) is 4.50. The lowest BCUT2D eigenvalue weighted by molar-refractivity contribution is 0.311. The van der Waals surface area contributed by atoms with Gasteiger partial charge in [-0.25, -0.2) is 9.97 Å². The minimum absolute atomic E-state index is 0.0742. The Morgan fingerprint density at radius 3 is 2.63 bits per heavy atom. The summed E-state index contributed by atoms with van der Waals surface area (Å²) in [5.74, 6) is 1.44. The van der Waals surface area contributed by atoms with Crippen molar-refractivity contribution in [3.8, 4) is 0 Å². The topological polar surface area (TPSA) is 70.1 Å². The Hall–Kier alpha value is -1.66. The summed E-state index contributed by atoms with van der Waals surface area (Å²) in [6, 6.07) is 9.90. The Morgan fingerprint density at radius 2 is 1.89 bits per heavy atom. The van der Waals surface area contributed by atoms with Crippen LogP contribution in [0.5, 0.6) is 0 Å². The molecule has 0 aliphatic rings. The molecule has 1 aromatic carbocycles. The van der Waals surface area contributed by atoms with Gasteiger partial charge in [0.1, 0.15) is 18.0 Å². The van der Waals surface area contributed by atoms with E-state index >= 15 is 0 Å². The zero-order chi connectivity index (χ0) is 13.5. The van der Waals surface area contributed by atoms with Crippen LogP contribution in [-0.4, -0.2) is 28.2 Å². The van der Waals surface area contributed by atoms with E-state index in [1.165, 1.54) is 6.33 Å². The van der Waals surface area contributed by atoms with Crippen molar-refractivity contribution in [2.75, 3.05) is 23.8 Å². The molecule has 0 radical (unpaired) electrons. The van der Waals surface area contributed by atoms with E-state index < -0.39 is 0 Å². The van der Waals surface area contributed by atoms with Crippen LogP contribution in [0.1, 0.15) is 5.56 Å². The number of rotatable bonds is 6. The molecule has 0 spiro atoms. The van der Waals surface area contributed by atoms with Crippen LogP contribution in [0.3, 0.4) is 0 Å². The van der Waals surface area contributed by atoms with Gasteiger partial charge in [-0.15, -0.1) is 0 Å². The van der Waals surface area contributed by atoms with Gasteiger partial charge in [-0.2, -0.15) is 0 Å². The lowest BCUT2D eigenvalue weighted by Gasteiger charge is -2.08. The number of nitrogens with zero attached hydrogens (tertiary/aromatic N) is 2. The molecule has 1 heterocycles. The van der Waals surface area contributed by atoms with Gasteiger partial charge in [0.25, 0.3) is 0 Å². The number of aliphatic hydroxyl groups is 1. The highest BCUT2D eigenvalue weighted by Gasteiger charge is 1.99. The molecular formula is C13H15BrN4O. The SMILES string of the molecule is OCCNc1cc(NCc2cccc(Br)c2)ncn1. The molecule has 1 aromatic heterocycles. The van der Waals surface area contributed by atoms with E-state index in [4.69, 9.17) is 5.11 Å². The van der Waals surface area contributed by atoms with Gasteiger partial charge in [-0.3, -0.25) is 0 Å². The van der Waals surface area contributed by atoms with Gasteiger partial charge in [0.15, 0.2) is 0 Å². The summed E-state index contributed by atoms with van der Waals surface area (Å²) in [5.41, 5.74) is 1.16. The van der Waals surface area contributed by atoms with Crippen LogP contribution in [0.2, 0.25) is 0 Å². The predicted molar refractivity (Wildman–Crippen MR) is 79.1 cm³/mol. The zero-order valence-corrected chi connectivity index (χ0v) is 11.9. The second-order valence-electron chi connectivity index (χ2n) is 3.92. The second kappa shape index (κ2) is 7.06. The molecule has 2 aromatic rings. The van der Waals surface area contributed by atoms with Crippen LogP contribution in [0.4, 0.5) is 11.6 Å². The van der Waals surface area contributed by atoms with Crippen molar-refractivity contribution in [1.29, 1.82) is 0 Å². The van der Waals surface area contributed by atoms with E-state index in [1.807, 2.05) is 24.3 Å². The molecule has 6 heteroatoms. The number of aromatic nitrogens is 2. The van der Waals surface area contributed by atoms with Crippen LogP contribution in [-0.2, 0) is 6.54 Å². The smallest absolute Gasteiger partial charge is 0.131 e. The largest absolute Gasteiger partial charge is 0.395 e. The van der Waals surface area contributed by atoms with Crippen LogP contribution in [0, 0.1) is 0 Å². The molecule has 19 heavy (non-hydrogen) atoms. The van der Waals surface area contributed by atoms with Crippen LogP contribution < -0.4 is 10.6 Å². The number of benzene rings is 1. The molecule has 0 saturated carbocycles. The molecule has 0 fully saturated rings. The first-order valence-electron chi connectivity index (χ1n) is 5.93. The Kier molecular flexibility index (Phi) is 5.11. The third-order valence-corrected chi connectivity index (χ3v) is 2.94. The number of hydrogen-bond acceptors (Lipinski definition) is 5. The van der Waals surface area contributed by atoms with Gasteiger partial charge in [-0.05, 0) is 17.7 Å². The highest BCUT2D eigenvalue weighted by molar-refractivity contribution is 9.10. The Morgan fingerprint density at radius 1 is 1.11 bits per heavy atom. The highest BCUT2D eigenvalue weighted by Crippen LogP contribution is 2.14. The van der Waals surface area contributed by atoms with Gasteiger partial charge in [0, 0.05) is 23.6 Å². The number of nitrogens with one attached hydrogen (secondary N) is 2. The summed E-state index contributed by atoms with van der Waals surface area (Å²) in [4.78, 5) is 8.21. The lowest BCUT2D eigenvalue weighted by Crippen LogP contribution is -2.08. The van der Waals surface area contributed by atoms with Crippen LogP contribution >= 0.6 is 15.9 Å². The summed E-state index contributed by atoms with van der Waals surface area (Å²) in [7, 11) is 0. The van der Waals surface area contributed by atoms with Crippen molar-refractivity contribution >= 4 is 27.6 Å². The summed E-state index contributed by atoms with van der Waals surface area (Å²) in [5, 5.41) is 15.0. The van der Waals surface area contributed by atoms with E-state index in [0.717, 1.165) is 15.9 Å². The summed E-state index contributed by atoms with van der Waals surface area (Å²) >= 11 is 3.44. The van der Waals surface area contributed by atoms with Crippen molar-refractivity contribution in [3.05, 3.63) is 46.7 Å². The first-order valence-corrected chi connectivity index (χ1v) is 6.72. The van der Waals surface area contributed by atoms with E-state index in [9.17, 15) is 0 Å². The normalized spacial score (nSPS) is 10.2. The quantitative estimate of drug-likeness (QED) is 0.761. The standard InChI is InChI=1S/C13H15BrN4O/c14-11-3-1-2-10(6-11)8-16-13-7-12(15-4-5-19)17-9-18-13/h1-3,6-7,9,19H,4-5,8H2,(H2,15,16,17,18). The highest BCUT2D eigenvalue weighted by atomic mass is 79.9. The zero-order valence-electron chi connectivity index (χ0n) is 10.3. The van der Waals surface area contributed by atoms with Gasteiger partial charge < -0.3 is 15.7 Å². The van der Waals surface area contributed by atoms with Crippen molar-refractivity contribution < 1.29 is 5.11 Å². The molecule has 5 nitrogen and oxygen atoms in total. The van der Waals surface area contributed by atoms with Crippen molar-refractivity contribution in [2.45, 2.75) is 6.54 Å². The average molecular weight is 323 g/mol. The van der Waals surface area contributed by atoms with E-state index in [2.05, 4.69) is 42.6 Å². The van der Waals surface area contributed by atoms with E-state index in [0.29, 0.717) is 18.9 Å². The predicted octanol–water partition coefficient (Wildman–Crippen LogP) is 2.26. The third-order valence-electron chi connectivity index (χ3n) is 2.45. The number of aliphatic hydroxyl groups excluding tert-OH is 1. The second-order valence-corrected chi connectivity index (χ2v) is 4.84. The van der Waals surface area contributed by atoms with Crippen LogP contribution in [0.15, 0.2) is 41.1 Å². The molecule has 0 amide bonds. The van der Waals surface area contributed by atoms with Crippen LogP contribution in [0.25, 0.3) is 0 Å². The van der Waals surface area contributed by atoms with E-state index in [-0.39, 0.29) is 6.61 Å². The van der Waals surface area contributed by atoms with Crippen molar-refractivity contribution in [1.82, 2.24) is 9.97 Å². The van der Waals surface area contributed by atoms with Gasteiger partial charge in [0.05, 0.1) is 6.61 Å². The molecule has 2 rings (SSSR count). The lowest BCUT2D eigenvalue weighted by atomic mass is 10.2. The maximum Gasteiger partial charge on any atom is 0.131 e. The summed E-state index contributed by atoms with van der Waals surface area (Å²) in [6.07, 6.45) is 1.49. The molecule has 0 saturated heterocycles. The monoisotopic (exact) mass is 322 g/mol. The maximum atomic E-state index is 8.75. The average Bonchev–Trinajstić information content (AvgIpc) is 2.43. The Bertz CT molecular complexity index is 536. The minimum atomic E-state index is 0.0742. The number of halogens is 1. The van der Waals surface area contributed by atoms with E-state index in [1.54, 1.807) is 0 Å².